The molecule has 2 heterocycles. The quantitative estimate of drug-likeness (QED) is 0.561. The zero-order valence-corrected chi connectivity index (χ0v) is 20.3. The molecule has 6 unspecified atom stereocenters. The third kappa shape index (κ3) is 5.35. The summed E-state index contributed by atoms with van der Waals surface area (Å²) in [6.07, 6.45) is 7.95. The smallest absolute Gasteiger partial charge is 0.315 e. The molecule has 2 saturated heterocycles. The van der Waals surface area contributed by atoms with E-state index in [2.05, 4.69) is 36.7 Å². The first-order valence-electron chi connectivity index (χ1n) is 12.8. The van der Waals surface area contributed by atoms with Crippen LogP contribution in [-0.4, -0.2) is 53.8 Å². The van der Waals surface area contributed by atoms with Gasteiger partial charge in [-0.15, -0.1) is 0 Å². The molecule has 8 nitrogen and oxygen atoms in total. The maximum atomic E-state index is 13.1. The van der Waals surface area contributed by atoms with Gasteiger partial charge < -0.3 is 15.5 Å². The molecule has 4 aliphatic rings. The number of rotatable bonds is 4. The van der Waals surface area contributed by atoms with Crippen LogP contribution in [0.5, 0.6) is 0 Å². The van der Waals surface area contributed by atoms with E-state index in [1.165, 1.54) is 6.42 Å². The highest BCUT2D eigenvalue weighted by Crippen LogP contribution is 2.41. The zero-order valence-electron chi connectivity index (χ0n) is 20.3. The van der Waals surface area contributed by atoms with Crippen molar-refractivity contribution in [1.82, 2.24) is 20.9 Å². The monoisotopic (exact) mass is 460 g/mol. The molecule has 184 valence electrons. The van der Waals surface area contributed by atoms with Gasteiger partial charge in [-0.25, -0.2) is 4.79 Å². The summed E-state index contributed by atoms with van der Waals surface area (Å²) in [7, 11) is 0. The van der Waals surface area contributed by atoms with Crippen molar-refractivity contribution in [2.75, 3.05) is 13.1 Å². The molecule has 33 heavy (non-hydrogen) atoms. The molecule has 5 amide bonds. The van der Waals surface area contributed by atoms with E-state index >= 15 is 0 Å². The van der Waals surface area contributed by atoms with Crippen LogP contribution >= 0.6 is 0 Å². The SMILES string of the molecule is CC(C)(C)C1CCCCC1NC(=O)NCC1CCC2CN(C3CCC(=O)NC3=O)C(=O)C2C1. The van der Waals surface area contributed by atoms with Gasteiger partial charge in [0.1, 0.15) is 6.04 Å². The standard InChI is InChI=1S/C25H40N4O4/c1-25(2,3)18-6-4-5-7-19(18)27-24(33)26-13-15-8-9-16-14-29(23(32)17(16)12-15)20-10-11-21(30)28-22(20)31/h15-20H,4-14H2,1-3H3,(H2,26,27,33)(H,28,30,31). The Balaban J connectivity index is 1.27. The maximum absolute atomic E-state index is 13.1. The second-order valence-electron chi connectivity index (χ2n) is 11.7. The summed E-state index contributed by atoms with van der Waals surface area (Å²) in [5, 5.41) is 8.68. The van der Waals surface area contributed by atoms with Gasteiger partial charge in [-0.2, -0.15) is 0 Å². The van der Waals surface area contributed by atoms with E-state index in [0.717, 1.165) is 38.5 Å². The highest BCUT2D eigenvalue weighted by atomic mass is 16.2. The maximum Gasteiger partial charge on any atom is 0.315 e. The topological polar surface area (TPSA) is 108 Å². The van der Waals surface area contributed by atoms with Crippen molar-refractivity contribution in [3.63, 3.8) is 0 Å². The predicted octanol–water partition coefficient (Wildman–Crippen LogP) is 2.57. The minimum Gasteiger partial charge on any atom is -0.338 e. The predicted molar refractivity (Wildman–Crippen MR) is 124 cm³/mol. The molecule has 0 radical (unpaired) electrons. The van der Waals surface area contributed by atoms with Crippen LogP contribution < -0.4 is 16.0 Å². The molecule has 3 N–H and O–H groups in total. The zero-order chi connectivity index (χ0) is 23.8. The van der Waals surface area contributed by atoms with Crippen molar-refractivity contribution in [2.45, 2.75) is 90.6 Å². The molecule has 0 aromatic carbocycles. The van der Waals surface area contributed by atoms with E-state index in [1.807, 2.05) is 0 Å². The molecular formula is C25H40N4O4. The molecule has 2 aliphatic carbocycles. The van der Waals surface area contributed by atoms with Gasteiger partial charge in [0, 0.05) is 31.5 Å². The fraction of sp³-hybridized carbons (Fsp3) is 0.840. The fourth-order valence-corrected chi connectivity index (χ4v) is 6.64. The molecule has 8 heteroatoms. The Morgan fingerprint density at radius 1 is 1.06 bits per heavy atom. The van der Waals surface area contributed by atoms with E-state index < -0.39 is 6.04 Å². The Morgan fingerprint density at radius 3 is 2.55 bits per heavy atom. The Morgan fingerprint density at radius 2 is 1.82 bits per heavy atom. The first-order chi connectivity index (χ1) is 15.6. The van der Waals surface area contributed by atoms with Crippen molar-refractivity contribution in [2.24, 2.45) is 29.1 Å². The number of imide groups is 1. The molecule has 6 atom stereocenters. The number of carbonyl (C=O) groups is 4. The number of hydrogen-bond donors (Lipinski definition) is 3. The van der Waals surface area contributed by atoms with Gasteiger partial charge in [0.15, 0.2) is 0 Å². The van der Waals surface area contributed by atoms with Gasteiger partial charge in [0.2, 0.25) is 17.7 Å². The van der Waals surface area contributed by atoms with Gasteiger partial charge in [-0.3, -0.25) is 19.7 Å². The second-order valence-corrected chi connectivity index (χ2v) is 11.7. The van der Waals surface area contributed by atoms with Crippen LogP contribution in [0.1, 0.15) is 78.6 Å². The van der Waals surface area contributed by atoms with Gasteiger partial charge >= 0.3 is 6.03 Å². The lowest BCUT2D eigenvalue weighted by Crippen LogP contribution is -2.53. The van der Waals surface area contributed by atoms with Crippen LogP contribution in [-0.2, 0) is 14.4 Å². The second kappa shape index (κ2) is 9.63. The fourth-order valence-electron chi connectivity index (χ4n) is 6.64. The normalized spacial score (nSPS) is 35.1. The summed E-state index contributed by atoms with van der Waals surface area (Å²) in [6, 6.07) is -0.399. The molecule has 0 aromatic rings. The van der Waals surface area contributed by atoms with E-state index in [9.17, 15) is 19.2 Å². The average molecular weight is 461 g/mol. The summed E-state index contributed by atoms with van der Waals surface area (Å²) >= 11 is 0. The molecule has 0 bridgehead atoms. The minimum atomic E-state index is -0.519. The molecule has 0 spiro atoms. The molecule has 2 saturated carbocycles. The Bertz CT molecular complexity index is 792. The van der Waals surface area contributed by atoms with Crippen LogP contribution in [0, 0.1) is 29.1 Å². The summed E-state index contributed by atoms with van der Waals surface area (Å²) in [5.41, 5.74) is 0.175. The van der Waals surface area contributed by atoms with Crippen molar-refractivity contribution < 1.29 is 19.2 Å². The van der Waals surface area contributed by atoms with Crippen molar-refractivity contribution in [3.8, 4) is 0 Å². The van der Waals surface area contributed by atoms with Gasteiger partial charge in [-0.05, 0) is 61.7 Å². The van der Waals surface area contributed by atoms with Crippen molar-refractivity contribution >= 4 is 23.8 Å². The van der Waals surface area contributed by atoms with Crippen molar-refractivity contribution in [3.05, 3.63) is 0 Å². The molecule has 4 fully saturated rings. The number of amides is 5. The van der Waals surface area contributed by atoms with E-state index in [-0.39, 0.29) is 59.4 Å². The van der Waals surface area contributed by atoms with Gasteiger partial charge in [0.05, 0.1) is 0 Å². The van der Waals surface area contributed by atoms with Crippen molar-refractivity contribution in [1.29, 1.82) is 0 Å². The highest BCUT2D eigenvalue weighted by molar-refractivity contribution is 6.02. The summed E-state index contributed by atoms with van der Waals surface area (Å²) in [4.78, 5) is 51.2. The lowest BCUT2D eigenvalue weighted by Gasteiger charge is -2.40. The number of likely N-dealkylation sites (tertiary alicyclic amines) is 1. The summed E-state index contributed by atoms with van der Waals surface area (Å²) in [6.45, 7) is 7.94. The molecule has 0 aromatic heterocycles. The number of piperidine rings is 1. The Hall–Kier alpha value is -2.12. The third-order valence-electron chi connectivity index (χ3n) is 8.47. The van der Waals surface area contributed by atoms with Crippen LogP contribution in [0.15, 0.2) is 0 Å². The number of fused-ring (bicyclic) bond motifs is 1. The van der Waals surface area contributed by atoms with E-state index in [0.29, 0.717) is 25.4 Å². The number of nitrogens with one attached hydrogen (secondary N) is 3. The Kier molecular flexibility index (Phi) is 7.01. The lowest BCUT2D eigenvalue weighted by atomic mass is 9.69. The van der Waals surface area contributed by atoms with Gasteiger partial charge in [0.25, 0.3) is 0 Å². The first kappa shape index (κ1) is 24.0. The summed E-state index contributed by atoms with van der Waals surface area (Å²) < 4.78 is 0. The van der Waals surface area contributed by atoms with Crippen LogP contribution in [0.4, 0.5) is 4.79 Å². The van der Waals surface area contributed by atoms with E-state index in [4.69, 9.17) is 0 Å². The number of urea groups is 1. The Labute approximate surface area is 197 Å². The van der Waals surface area contributed by atoms with Gasteiger partial charge in [-0.1, -0.05) is 33.6 Å². The highest BCUT2D eigenvalue weighted by Gasteiger charge is 2.48. The number of nitrogens with zero attached hydrogens (tertiary/aromatic N) is 1. The van der Waals surface area contributed by atoms with Crippen LogP contribution in [0.3, 0.4) is 0 Å². The molecular weight excluding hydrogens is 420 g/mol. The van der Waals surface area contributed by atoms with Crippen LogP contribution in [0.2, 0.25) is 0 Å². The lowest BCUT2D eigenvalue weighted by molar-refractivity contribution is -0.145. The average Bonchev–Trinajstić information content (AvgIpc) is 3.08. The number of carbonyl (C=O) groups excluding carboxylic acids is 4. The largest absolute Gasteiger partial charge is 0.338 e. The molecule has 2 aliphatic heterocycles. The third-order valence-corrected chi connectivity index (χ3v) is 8.47. The van der Waals surface area contributed by atoms with Crippen LogP contribution in [0.25, 0.3) is 0 Å². The minimum absolute atomic E-state index is 0.0406. The summed E-state index contributed by atoms with van der Waals surface area (Å²) in [5.74, 6) is 0.384. The first-order valence-corrected chi connectivity index (χ1v) is 12.8. The molecule has 4 rings (SSSR count). The number of hydrogen-bond acceptors (Lipinski definition) is 4. The van der Waals surface area contributed by atoms with E-state index in [1.54, 1.807) is 4.90 Å².